The van der Waals surface area contributed by atoms with Crippen LogP contribution in [0.5, 0.6) is 0 Å². The monoisotopic (exact) mass is 509 g/mol. The van der Waals surface area contributed by atoms with Gasteiger partial charge in [0.25, 0.3) is 18.2 Å². The molecule has 2 aromatic rings. The Labute approximate surface area is 212 Å². The van der Waals surface area contributed by atoms with Crippen molar-refractivity contribution < 1.29 is 28.4 Å². The van der Waals surface area contributed by atoms with Gasteiger partial charge < -0.3 is 16.0 Å². The summed E-state index contributed by atoms with van der Waals surface area (Å²) in [6, 6.07) is 10.2. The lowest BCUT2D eigenvalue weighted by molar-refractivity contribution is -0.135. The van der Waals surface area contributed by atoms with E-state index in [1.54, 1.807) is 0 Å². The molecule has 2 rings (SSSR count). The van der Waals surface area contributed by atoms with Gasteiger partial charge in [-0.15, -0.1) is 0 Å². The number of hydroxylamine groups is 1. The number of carbonyl (C=O) groups excluding carboxylic acids is 3. The van der Waals surface area contributed by atoms with E-state index in [0.717, 1.165) is 18.1 Å². The Morgan fingerprint density at radius 3 is 2.03 bits per heavy atom. The molecule has 11 heteroatoms. The minimum atomic E-state index is -3.28. The maximum atomic E-state index is 13.8. The minimum Gasteiger partial charge on any atom is -0.341 e. The molecule has 0 aromatic heterocycles. The molecule has 0 spiro atoms. The number of nitrogens with zero attached hydrogens (tertiary/aromatic N) is 1. The Kier molecular flexibility index (Phi) is 10.3. The van der Waals surface area contributed by atoms with Gasteiger partial charge in [0, 0.05) is 23.7 Å². The number of benzene rings is 2. The van der Waals surface area contributed by atoms with Gasteiger partial charge in [-0.05, 0) is 67.4 Å². The minimum absolute atomic E-state index is 0.0260. The molecular weight excluding hydrogens is 484 g/mol. The van der Waals surface area contributed by atoms with Crippen molar-refractivity contribution in [2.45, 2.75) is 31.5 Å². The van der Waals surface area contributed by atoms with Crippen LogP contribution in [0.25, 0.3) is 0 Å². The predicted octanol–water partition coefficient (Wildman–Crippen LogP) is 1.85. The largest absolute Gasteiger partial charge is 0.341 e. The summed E-state index contributed by atoms with van der Waals surface area (Å²) in [6.07, 6.45) is -3.28. The van der Waals surface area contributed by atoms with Gasteiger partial charge in [-0.25, -0.2) is 19.1 Å². The van der Waals surface area contributed by atoms with E-state index in [-0.39, 0.29) is 5.56 Å². The zero-order valence-electron chi connectivity index (χ0n) is 20.1. The van der Waals surface area contributed by atoms with Gasteiger partial charge >= 0.3 is 6.03 Å². The molecule has 0 fully saturated rings. The summed E-state index contributed by atoms with van der Waals surface area (Å²) < 4.78 is 27.7. The lowest BCUT2D eigenvalue weighted by Crippen LogP contribution is -2.69. The molecule has 2 atom stereocenters. The molecule has 5 N–H and O–H groups in total. The lowest BCUT2D eigenvalue weighted by atomic mass is 9.91. The van der Waals surface area contributed by atoms with Crippen LogP contribution in [0.3, 0.4) is 0 Å². The molecule has 0 aliphatic carbocycles. The second-order valence-corrected chi connectivity index (χ2v) is 7.83. The average molecular weight is 510 g/mol. The number of amides is 4. The predicted molar refractivity (Wildman–Crippen MR) is 133 cm³/mol. The molecule has 0 aliphatic rings. The average Bonchev–Trinajstić information content (AvgIpc) is 2.90. The third kappa shape index (κ3) is 7.88. The topological polar surface area (TPSA) is 132 Å². The smallest absolute Gasteiger partial charge is 0.315 e. The number of hydrogen-bond acceptors (Lipinski definition) is 5. The lowest BCUT2D eigenvalue weighted by Gasteiger charge is -2.36. The first kappa shape index (κ1) is 28.5. The normalized spacial score (nSPS) is 12.4. The van der Waals surface area contributed by atoms with Crippen molar-refractivity contribution in [3.05, 3.63) is 70.8 Å². The van der Waals surface area contributed by atoms with Gasteiger partial charge in [0.15, 0.2) is 0 Å². The van der Waals surface area contributed by atoms with Crippen LogP contribution in [0, 0.1) is 23.7 Å². The van der Waals surface area contributed by atoms with Crippen molar-refractivity contribution in [2.24, 2.45) is 4.99 Å². The highest BCUT2D eigenvalue weighted by atomic mass is 19.3. The molecule has 0 aliphatic heterocycles. The Morgan fingerprint density at radius 2 is 1.57 bits per heavy atom. The van der Waals surface area contributed by atoms with E-state index in [0.29, 0.717) is 12.1 Å². The molecule has 4 amide bonds. The van der Waals surface area contributed by atoms with Gasteiger partial charge in [-0.1, -0.05) is 24.0 Å². The number of carbonyl (C=O) groups is 3. The molecular formula is C26H25F2N5O4. The number of hydrogen-bond donors (Lipinski definition) is 5. The van der Waals surface area contributed by atoms with Gasteiger partial charge in [0.05, 0.1) is 6.54 Å². The van der Waals surface area contributed by atoms with Crippen LogP contribution in [-0.4, -0.2) is 54.8 Å². The molecule has 0 saturated carbocycles. The maximum absolute atomic E-state index is 13.8. The Hall–Kier alpha value is -4.74. The molecule has 37 heavy (non-hydrogen) atoms. The third-order valence-electron chi connectivity index (χ3n) is 5.18. The first-order valence-electron chi connectivity index (χ1n) is 10.8. The zero-order valence-corrected chi connectivity index (χ0v) is 20.1. The van der Waals surface area contributed by atoms with Crippen molar-refractivity contribution in [3.63, 3.8) is 0 Å². The fraction of sp³-hybridized carbons (Fsp3) is 0.231. The van der Waals surface area contributed by atoms with Crippen molar-refractivity contribution in [2.75, 3.05) is 7.05 Å². The summed E-state index contributed by atoms with van der Waals surface area (Å²) in [4.78, 5) is 40.3. The van der Waals surface area contributed by atoms with Crippen LogP contribution in [0.1, 0.15) is 34.0 Å². The van der Waals surface area contributed by atoms with Gasteiger partial charge in [-0.2, -0.15) is 0 Å². The number of alkyl halides is 2. The van der Waals surface area contributed by atoms with Crippen LogP contribution < -0.4 is 21.4 Å². The molecule has 0 saturated heterocycles. The summed E-state index contributed by atoms with van der Waals surface area (Å²) in [5.41, 5.74) is 1.03. The summed E-state index contributed by atoms with van der Waals surface area (Å²) in [6.45, 7) is 4.83. The van der Waals surface area contributed by atoms with E-state index in [1.165, 1.54) is 36.8 Å². The summed E-state index contributed by atoms with van der Waals surface area (Å²) in [7, 11) is 1.19. The highest BCUT2D eigenvalue weighted by molar-refractivity contribution is 5.98. The quantitative estimate of drug-likeness (QED) is 0.161. The van der Waals surface area contributed by atoms with Crippen LogP contribution in [0.4, 0.5) is 13.6 Å². The fourth-order valence-corrected chi connectivity index (χ4v) is 3.06. The summed E-state index contributed by atoms with van der Waals surface area (Å²) in [5.74, 6) is 8.91. The van der Waals surface area contributed by atoms with Crippen molar-refractivity contribution in [1.82, 2.24) is 21.4 Å². The highest BCUT2D eigenvalue weighted by Gasteiger charge is 2.48. The molecule has 2 aromatic carbocycles. The molecule has 0 radical (unpaired) electrons. The van der Waals surface area contributed by atoms with Gasteiger partial charge in [0.1, 0.15) is 11.6 Å². The summed E-state index contributed by atoms with van der Waals surface area (Å²) in [5, 5.41) is 15.2. The maximum Gasteiger partial charge on any atom is 0.315 e. The number of halogens is 2. The van der Waals surface area contributed by atoms with Crippen LogP contribution >= 0.6 is 0 Å². The Morgan fingerprint density at radius 1 is 1.03 bits per heavy atom. The number of rotatable bonds is 8. The SMILES string of the molecule is C=NCc1ccc(C#CC#Cc2ccc(C(=O)N[C@H](C(=O)NO)C(C)(NC(=O)NC)C(F)F)cc2)cc1. The van der Waals surface area contributed by atoms with Gasteiger partial charge in [0.2, 0.25) is 0 Å². The first-order chi connectivity index (χ1) is 17.6. The standard InChI is InChI=1S/C26H25F2N5O4/c1-26(24(27)28,32-25(36)30-3)21(23(35)33-37)31-22(34)20-14-12-18(13-15-20)7-5-4-6-17-8-10-19(11-9-17)16-29-2/h8-15,21,24,37H,2,16H2,1,3H3,(H,31,34)(H,33,35)(H2,30,32,36)/t21-,26?/m1/s1. The Bertz CT molecular complexity index is 1260. The molecule has 0 heterocycles. The first-order valence-corrected chi connectivity index (χ1v) is 10.8. The highest BCUT2D eigenvalue weighted by Crippen LogP contribution is 2.21. The molecule has 192 valence electrons. The van der Waals surface area contributed by atoms with E-state index in [2.05, 4.69) is 46.0 Å². The van der Waals surface area contributed by atoms with Crippen LogP contribution in [0.15, 0.2) is 53.5 Å². The second-order valence-electron chi connectivity index (χ2n) is 7.83. The van der Waals surface area contributed by atoms with Crippen molar-refractivity contribution >= 4 is 24.6 Å². The number of nitrogens with one attached hydrogen (secondary N) is 4. The van der Waals surface area contributed by atoms with E-state index >= 15 is 0 Å². The van der Waals surface area contributed by atoms with Crippen molar-refractivity contribution in [1.29, 1.82) is 0 Å². The Balaban J connectivity index is 2.15. The zero-order chi connectivity index (χ0) is 27.4. The third-order valence-corrected chi connectivity index (χ3v) is 5.18. The van der Waals surface area contributed by atoms with Gasteiger partial charge in [-0.3, -0.25) is 19.8 Å². The van der Waals surface area contributed by atoms with Crippen LogP contribution in [-0.2, 0) is 11.3 Å². The molecule has 0 bridgehead atoms. The van der Waals surface area contributed by atoms with Crippen molar-refractivity contribution in [3.8, 4) is 23.7 Å². The molecule has 9 nitrogen and oxygen atoms in total. The van der Waals surface area contributed by atoms with Crippen LogP contribution in [0.2, 0.25) is 0 Å². The van der Waals surface area contributed by atoms with E-state index in [1.807, 2.05) is 29.6 Å². The number of urea groups is 1. The number of aliphatic imine (C=N–C) groups is 1. The van der Waals surface area contributed by atoms with E-state index in [4.69, 9.17) is 5.21 Å². The fourth-order valence-electron chi connectivity index (χ4n) is 3.06. The molecule has 1 unspecified atom stereocenters. The second kappa shape index (κ2) is 13.4. The van der Waals surface area contributed by atoms with E-state index < -0.39 is 35.9 Å². The summed E-state index contributed by atoms with van der Waals surface area (Å²) >= 11 is 0. The van der Waals surface area contributed by atoms with E-state index in [9.17, 15) is 23.2 Å².